The number of aliphatic imine (C=N–C) groups is 2. The maximum absolute atomic E-state index is 6.39. The van der Waals surface area contributed by atoms with Gasteiger partial charge < -0.3 is 4.74 Å². The molecule has 0 saturated heterocycles. The maximum Gasteiger partial charge on any atom is 0.321 e. The lowest BCUT2D eigenvalue weighted by molar-refractivity contribution is 0.343. The Hall–Kier alpha value is -1.15. The second-order valence-corrected chi connectivity index (χ2v) is 1.24. The van der Waals surface area contributed by atoms with Crippen LogP contribution in [-0.2, 0) is 4.74 Å². The molecule has 0 amide bonds. The Labute approximate surface area is 46.4 Å². The first-order valence-electron chi connectivity index (χ1n) is 2.23. The van der Waals surface area contributed by atoms with Crippen LogP contribution in [-0.4, -0.2) is 25.2 Å². The molecule has 0 aromatic carbocycles. The quantitative estimate of drug-likeness (QED) is 0.443. The number of nitrogens with one attached hydrogen (secondary N) is 1. The Morgan fingerprint density at radius 3 is 3.25 bits per heavy atom. The van der Waals surface area contributed by atoms with Crippen molar-refractivity contribution in [2.24, 2.45) is 9.98 Å². The van der Waals surface area contributed by atoms with Crippen LogP contribution in [0.2, 0.25) is 0 Å². The molecule has 42 valence electrons. The molecule has 4 nitrogen and oxygen atoms in total. The minimum Gasteiger partial charge on any atom is -0.461 e. The lowest BCUT2D eigenvalue weighted by Crippen LogP contribution is -1.92. The monoisotopic (exact) mass is 111 g/mol. The molecule has 0 saturated carbocycles. The maximum atomic E-state index is 6.39. The van der Waals surface area contributed by atoms with Gasteiger partial charge in [-0.25, -0.2) is 10.4 Å². The first-order chi connectivity index (χ1) is 3.93. The van der Waals surface area contributed by atoms with Gasteiger partial charge in [-0.1, -0.05) is 0 Å². The zero-order chi connectivity index (χ0) is 5.82. The van der Waals surface area contributed by atoms with E-state index in [0.29, 0.717) is 13.2 Å². The second kappa shape index (κ2) is 2.23. The van der Waals surface area contributed by atoms with Gasteiger partial charge in [-0.15, -0.1) is 4.99 Å². The summed E-state index contributed by atoms with van der Waals surface area (Å²) in [5.41, 5.74) is 0. The molecule has 0 spiro atoms. The Morgan fingerprint density at radius 2 is 2.75 bits per heavy atom. The summed E-state index contributed by atoms with van der Waals surface area (Å²) < 4.78 is 4.79. The molecule has 0 aromatic heterocycles. The van der Waals surface area contributed by atoms with E-state index in [-0.39, 0.29) is 6.02 Å². The van der Waals surface area contributed by atoms with E-state index in [1.807, 2.05) is 6.01 Å². The van der Waals surface area contributed by atoms with E-state index < -0.39 is 0 Å². The van der Waals surface area contributed by atoms with Crippen LogP contribution >= 0.6 is 0 Å². The van der Waals surface area contributed by atoms with Crippen LogP contribution < -0.4 is 0 Å². The summed E-state index contributed by atoms with van der Waals surface area (Å²) in [7, 11) is 0. The summed E-state index contributed by atoms with van der Waals surface area (Å²) in [6.07, 6.45) is 0. The first kappa shape index (κ1) is 5.00. The van der Waals surface area contributed by atoms with E-state index in [1.54, 1.807) is 0 Å². The normalized spacial score (nSPS) is 16.2. The van der Waals surface area contributed by atoms with Gasteiger partial charge in [0.05, 0.1) is 12.6 Å². The average molecular weight is 111 g/mol. The van der Waals surface area contributed by atoms with Crippen molar-refractivity contribution in [2.45, 2.75) is 0 Å². The number of hydrogen-bond donors (Lipinski definition) is 1. The van der Waals surface area contributed by atoms with Crippen LogP contribution in [0.5, 0.6) is 0 Å². The smallest absolute Gasteiger partial charge is 0.321 e. The minimum absolute atomic E-state index is 0.278. The van der Waals surface area contributed by atoms with Gasteiger partial charge in [0.15, 0.2) is 0 Å². The van der Waals surface area contributed by atoms with E-state index in [2.05, 4.69) is 9.98 Å². The SMILES string of the molecule is N=C=NC1=NCCO1. The average Bonchev–Trinajstić information content (AvgIpc) is 2.19. The molecule has 8 heavy (non-hydrogen) atoms. The summed E-state index contributed by atoms with van der Waals surface area (Å²) >= 11 is 0. The third-order valence-electron chi connectivity index (χ3n) is 0.721. The molecule has 0 aliphatic carbocycles. The van der Waals surface area contributed by atoms with Crippen molar-refractivity contribution in [2.75, 3.05) is 13.2 Å². The third kappa shape index (κ3) is 0.918. The molecule has 0 unspecified atom stereocenters. The fourth-order valence-corrected chi connectivity index (χ4v) is 0.439. The molecule has 1 aliphatic heterocycles. The van der Waals surface area contributed by atoms with Gasteiger partial charge >= 0.3 is 6.02 Å². The van der Waals surface area contributed by atoms with Crippen molar-refractivity contribution >= 4 is 12.0 Å². The van der Waals surface area contributed by atoms with E-state index in [1.165, 1.54) is 0 Å². The zero-order valence-electron chi connectivity index (χ0n) is 4.22. The first-order valence-corrected chi connectivity index (χ1v) is 2.23. The van der Waals surface area contributed by atoms with Gasteiger partial charge in [0.25, 0.3) is 0 Å². The molecule has 1 rings (SSSR count). The van der Waals surface area contributed by atoms with Crippen molar-refractivity contribution < 1.29 is 4.74 Å². The highest BCUT2D eigenvalue weighted by atomic mass is 16.5. The molecule has 1 heterocycles. The minimum atomic E-state index is 0.278. The molecule has 0 bridgehead atoms. The summed E-state index contributed by atoms with van der Waals surface area (Å²) in [6, 6.07) is 2.11. The molecule has 1 N–H and O–H groups in total. The molecule has 0 fully saturated rings. The Kier molecular flexibility index (Phi) is 1.39. The van der Waals surface area contributed by atoms with Crippen molar-refractivity contribution in [1.29, 1.82) is 5.41 Å². The van der Waals surface area contributed by atoms with Crippen molar-refractivity contribution in [1.82, 2.24) is 0 Å². The van der Waals surface area contributed by atoms with Gasteiger partial charge in [0.2, 0.25) is 0 Å². The van der Waals surface area contributed by atoms with E-state index in [0.717, 1.165) is 0 Å². The molecule has 1 aliphatic rings. The zero-order valence-corrected chi connectivity index (χ0v) is 4.22. The standard InChI is InChI=1S/C4H5N3O/c5-3-7-4-6-1-2-8-4/h5H,1-2H2. The van der Waals surface area contributed by atoms with E-state index >= 15 is 0 Å². The Balaban J connectivity index is 2.57. The van der Waals surface area contributed by atoms with Crippen LogP contribution in [0, 0.1) is 5.41 Å². The number of hydrogen-bond acceptors (Lipinski definition) is 4. The third-order valence-corrected chi connectivity index (χ3v) is 0.721. The summed E-state index contributed by atoms with van der Waals surface area (Å²) in [6.45, 7) is 1.24. The number of rotatable bonds is 0. The van der Waals surface area contributed by atoms with E-state index in [4.69, 9.17) is 10.1 Å². The summed E-state index contributed by atoms with van der Waals surface area (Å²) in [4.78, 5) is 7.14. The van der Waals surface area contributed by atoms with E-state index in [9.17, 15) is 0 Å². The number of nitrogens with zero attached hydrogens (tertiary/aromatic N) is 2. The molecule has 0 aromatic rings. The van der Waals surface area contributed by atoms with Gasteiger partial charge in [-0.3, -0.25) is 0 Å². The molecule has 0 radical (unpaired) electrons. The lowest BCUT2D eigenvalue weighted by atomic mass is 10.8. The molecular weight excluding hydrogens is 106 g/mol. The van der Waals surface area contributed by atoms with Crippen LogP contribution in [0.3, 0.4) is 0 Å². The van der Waals surface area contributed by atoms with Crippen molar-refractivity contribution in [3.05, 3.63) is 0 Å². The Bertz CT molecular complexity index is 157. The van der Waals surface area contributed by atoms with Crippen LogP contribution in [0.1, 0.15) is 0 Å². The molecular formula is C4H5N3O. The van der Waals surface area contributed by atoms with Crippen LogP contribution in [0.15, 0.2) is 9.98 Å². The van der Waals surface area contributed by atoms with Gasteiger partial charge in [0, 0.05) is 0 Å². The predicted octanol–water partition coefficient (Wildman–Crippen LogP) is 0.125. The number of amidine groups is 1. The summed E-state index contributed by atoms with van der Waals surface area (Å²) in [5, 5.41) is 6.39. The topological polar surface area (TPSA) is 57.8 Å². The molecule has 0 atom stereocenters. The highest BCUT2D eigenvalue weighted by Crippen LogP contribution is 1.92. The predicted molar refractivity (Wildman–Crippen MR) is 28.4 cm³/mol. The second-order valence-electron chi connectivity index (χ2n) is 1.24. The highest BCUT2D eigenvalue weighted by molar-refractivity contribution is 5.80. The van der Waals surface area contributed by atoms with Crippen LogP contribution in [0.25, 0.3) is 0 Å². The largest absolute Gasteiger partial charge is 0.461 e. The van der Waals surface area contributed by atoms with Crippen LogP contribution in [0.4, 0.5) is 0 Å². The lowest BCUT2D eigenvalue weighted by Gasteiger charge is -1.86. The Morgan fingerprint density at radius 1 is 1.88 bits per heavy atom. The molecule has 4 heteroatoms. The van der Waals surface area contributed by atoms with Gasteiger partial charge in [-0.05, 0) is 0 Å². The van der Waals surface area contributed by atoms with Crippen molar-refractivity contribution in [3.63, 3.8) is 0 Å². The number of ether oxygens (including phenoxy) is 1. The summed E-state index contributed by atoms with van der Waals surface area (Å²) in [5.74, 6) is 0. The fourth-order valence-electron chi connectivity index (χ4n) is 0.439. The van der Waals surface area contributed by atoms with Gasteiger partial charge in [-0.2, -0.15) is 0 Å². The van der Waals surface area contributed by atoms with Crippen molar-refractivity contribution in [3.8, 4) is 0 Å². The highest BCUT2D eigenvalue weighted by Gasteiger charge is 2.02. The van der Waals surface area contributed by atoms with Gasteiger partial charge in [0.1, 0.15) is 6.61 Å². The fraction of sp³-hybridized carbons (Fsp3) is 0.500.